The van der Waals surface area contributed by atoms with E-state index in [-0.39, 0.29) is 11.7 Å². The van der Waals surface area contributed by atoms with Crippen molar-refractivity contribution in [2.45, 2.75) is 63.6 Å². The Kier molecular flexibility index (Phi) is 7.40. The highest BCUT2D eigenvalue weighted by Gasteiger charge is 2.20. The molecule has 1 amide bonds. The zero-order valence-electron chi connectivity index (χ0n) is 15.7. The van der Waals surface area contributed by atoms with Crippen molar-refractivity contribution in [3.63, 3.8) is 0 Å². The molecule has 7 nitrogen and oxygen atoms in total. The van der Waals surface area contributed by atoms with Gasteiger partial charge in [0, 0.05) is 13.0 Å². The molecule has 1 saturated carbocycles. The molecule has 0 saturated heterocycles. The van der Waals surface area contributed by atoms with Crippen LogP contribution in [-0.4, -0.2) is 36.6 Å². The van der Waals surface area contributed by atoms with Gasteiger partial charge in [0.1, 0.15) is 10.8 Å². The van der Waals surface area contributed by atoms with Crippen LogP contribution in [0.5, 0.6) is 0 Å². The molecule has 9 heteroatoms. The molecular formula is C18H26N6OS2. The maximum Gasteiger partial charge on any atom is 0.236 e. The molecule has 0 unspecified atom stereocenters. The van der Waals surface area contributed by atoms with Gasteiger partial charge in [-0.05, 0) is 12.3 Å². The van der Waals surface area contributed by atoms with E-state index in [1.54, 1.807) is 0 Å². The Morgan fingerprint density at radius 2 is 2.11 bits per heavy atom. The number of amides is 1. The topological polar surface area (TPSA) is 85.6 Å². The normalized spacial score (nSPS) is 15.0. The summed E-state index contributed by atoms with van der Waals surface area (Å²) in [4.78, 5) is 12.2. The zero-order chi connectivity index (χ0) is 19.1. The number of carbonyl (C=O) groups is 1. The van der Waals surface area contributed by atoms with E-state index in [1.807, 2.05) is 13.0 Å². The second-order valence-corrected chi connectivity index (χ2v) is 8.70. The number of hydrogen-bond donors (Lipinski definition) is 1. The van der Waals surface area contributed by atoms with Crippen LogP contribution >= 0.6 is 23.1 Å². The average molecular weight is 407 g/mol. The van der Waals surface area contributed by atoms with E-state index in [9.17, 15) is 4.79 Å². The van der Waals surface area contributed by atoms with Crippen LogP contribution in [0.25, 0.3) is 0 Å². The lowest BCUT2D eigenvalue weighted by molar-refractivity contribution is -0.113. The van der Waals surface area contributed by atoms with Crippen LogP contribution < -0.4 is 5.32 Å². The maximum absolute atomic E-state index is 12.2. The summed E-state index contributed by atoms with van der Waals surface area (Å²) in [5.41, 5.74) is 0. The Labute approximate surface area is 168 Å². The van der Waals surface area contributed by atoms with Crippen LogP contribution in [0.2, 0.25) is 0 Å². The Morgan fingerprint density at radius 3 is 2.81 bits per heavy atom. The number of allylic oxidation sites excluding steroid dienone is 1. The van der Waals surface area contributed by atoms with Crippen LogP contribution in [0.4, 0.5) is 5.13 Å². The monoisotopic (exact) mass is 406 g/mol. The largest absolute Gasteiger partial charge is 0.302 e. The highest BCUT2D eigenvalue weighted by Crippen LogP contribution is 2.27. The number of aryl methyl sites for hydroxylation is 1. The third-order valence-corrected chi connectivity index (χ3v) is 6.60. The molecule has 2 heterocycles. The van der Waals surface area contributed by atoms with Crippen LogP contribution in [-0.2, 0) is 24.2 Å². The first-order valence-electron chi connectivity index (χ1n) is 9.47. The third kappa shape index (κ3) is 5.62. The van der Waals surface area contributed by atoms with Gasteiger partial charge in [0.25, 0.3) is 0 Å². The number of aromatic nitrogens is 5. The van der Waals surface area contributed by atoms with Crippen LogP contribution in [0, 0.1) is 5.92 Å². The molecule has 2 aromatic rings. The summed E-state index contributed by atoms with van der Waals surface area (Å²) in [6, 6.07) is 0. The first-order chi connectivity index (χ1) is 13.2. The van der Waals surface area contributed by atoms with Crippen molar-refractivity contribution >= 4 is 34.1 Å². The van der Waals surface area contributed by atoms with Gasteiger partial charge in [-0.15, -0.1) is 27.0 Å². The first-order valence-corrected chi connectivity index (χ1v) is 11.3. The maximum atomic E-state index is 12.2. The number of nitrogens with one attached hydrogen (secondary N) is 1. The number of anilines is 1. The second kappa shape index (κ2) is 9.98. The predicted octanol–water partition coefficient (Wildman–Crippen LogP) is 3.73. The fraction of sp³-hybridized carbons (Fsp3) is 0.611. The second-order valence-electron chi connectivity index (χ2n) is 6.70. The van der Waals surface area contributed by atoms with E-state index in [2.05, 4.69) is 36.9 Å². The summed E-state index contributed by atoms with van der Waals surface area (Å²) in [6.07, 6.45) is 10.1. The van der Waals surface area contributed by atoms with Gasteiger partial charge >= 0.3 is 0 Å². The number of hydrogen-bond acceptors (Lipinski definition) is 7. The van der Waals surface area contributed by atoms with Crippen molar-refractivity contribution in [1.82, 2.24) is 25.0 Å². The third-order valence-electron chi connectivity index (χ3n) is 4.65. The summed E-state index contributed by atoms with van der Waals surface area (Å²) in [7, 11) is 0. The Bertz CT molecular complexity index is 766. The van der Waals surface area contributed by atoms with Gasteiger partial charge in [0.15, 0.2) is 5.16 Å². The fourth-order valence-corrected chi connectivity index (χ4v) is 4.73. The molecular weight excluding hydrogens is 380 g/mol. The summed E-state index contributed by atoms with van der Waals surface area (Å²) < 4.78 is 2.08. The van der Waals surface area contributed by atoms with Gasteiger partial charge in [0.05, 0.1) is 5.75 Å². The summed E-state index contributed by atoms with van der Waals surface area (Å²) in [5.74, 6) is 1.85. The number of carbonyl (C=O) groups excluding carboxylic acids is 1. The van der Waals surface area contributed by atoms with Gasteiger partial charge < -0.3 is 4.57 Å². The van der Waals surface area contributed by atoms with Crippen molar-refractivity contribution < 1.29 is 4.79 Å². The van der Waals surface area contributed by atoms with Crippen LogP contribution in [0.1, 0.15) is 49.9 Å². The molecule has 0 atom stereocenters. The Morgan fingerprint density at radius 1 is 1.30 bits per heavy atom. The minimum atomic E-state index is -0.110. The smallest absolute Gasteiger partial charge is 0.236 e. The summed E-state index contributed by atoms with van der Waals surface area (Å²) in [6.45, 7) is 6.52. The minimum Gasteiger partial charge on any atom is -0.302 e. The molecule has 27 heavy (non-hydrogen) atoms. The molecule has 0 aromatic carbocycles. The van der Waals surface area contributed by atoms with Crippen molar-refractivity contribution in [3.8, 4) is 0 Å². The van der Waals surface area contributed by atoms with Crippen LogP contribution in [0.15, 0.2) is 17.8 Å². The lowest BCUT2D eigenvalue weighted by Crippen LogP contribution is -2.15. The highest BCUT2D eigenvalue weighted by atomic mass is 32.2. The van der Waals surface area contributed by atoms with E-state index in [1.165, 1.54) is 55.2 Å². The van der Waals surface area contributed by atoms with Crippen molar-refractivity contribution in [2.24, 2.45) is 5.92 Å². The number of thioether (sulfide) groups is 1. The van der Waals surface area contributed by atoms with Gasteiger partial charge in [-0.1, -0.05) is 68.2 Å². The molecule has 0 radical (unpaired) electrons. The van der Waals surface area contributed by atoms with Gasteiger partial charge in [-0.3, -0.25) is 10.1 Å². The van der Waals surface area contributed by atoms with E-state index in [4.69, 9.17) is 0 Å². The lowest BCUT2D eigenvalue weighted by Gasteiger charge is -2.21. The summed E-state index contributed by atoms with van der Waals surface area (Å²) >= 11 is 2.80. The van der Waals surface area contributed by atoms with E-state index >= 15 is 0 Å². The summed E-state index contributed by atoms with van der Waals surface area (Å²) in [5, 5.41) is 21.7. The molecule has 1 aliphatic rings. The van der Waals surface area contributed by atoms with E-state index in [0.717, 1.165) is 28.8 Å². The predicted molar refractivity (Wildman–Crippen MR) is 109 cm³/mol. The number of rotatable bonds is 9. The lowest BCUT2D eigenvalue weighted by atomic mass is 9.87. The number of nitrogens with zero attached hydrogens (tertiary/aromatic N) is 5. The Hall–Kier alpha value is -1.74. The molecule has 1 fully saturated rings. The molecule has 0 spiro atoms. The van der Waals surface area contributed by atoms with Crippen molar-refractivity contribution in [2.75, 3.05) is 11.1 Å². The molecule has 3 rings (SSSR count). The fourth-order valence-electron chi connectivity index (χ4n) is 3.27. The molecule has 146 valence electrons. The molecule has 1 aliphatic carbocycles. The van der Waals surface area contributed by atoms with Gasteiger partial charge in [0.2, 0.25) is 11.0 Å². The van der Waals surface area contributed by atoms with E-state index in [0.29, 0.717) is 17.6 Å². The average Bonchev–Trinajstić information content (AvgIpc) is 3.28. The SMILES string of the molecule is C=CCn1c(CC2CCCCC2)nnc1SCC(=O)Nc1nnc(CC)s1. The minimum absolute atomic E-state index is 0.110. The highest BCUT2D eigenvalue weighted by molar-refractivity contribution is 7.99. The standard InChI is InChI=1S/C18H26N6OS2/c1-3-10-24-14(11-13-8-6-5-7-9-13)20-23-18(24)26-12-15(25)19-17-22-21-16(4-2)27-17/h3,13H,1,4-12H2,2H3,(H,19,22,25). The Balaban J connectivity index is 1.58. The van der Waals surface area contributed by atoms with Crippen molar-refractivity contribution in [1.29, 1.82) is 0 Å². The first kappa shape index (κ1) is 20.0. The van der Waals surface area contributed by atoms with Crippen molar-refractivity contribution in [3.05, 3.63) is 23.5 Å². The van der Waals surface area contributed by atoms with Gasteiger partial charge in [-0.25, -0.2) is 0 Å². The zero-order valence-corrected chi connectivity index (χ0v) is 17.3. The van der Waals surface area contributed by atoms with E-state index < -0.39 is 0 Å². The molecule has 1 N–H and O–H groups in total. The molecule has 0 aliphatic heterocycles. The molecule has 0 bridgehead atoms. The quantitative estimate of drug-likeness (QED) is 0.504. The van der Waals surface area contributed by atoms with Crippen LogP contribution in [0.3, 0.4) is 0 Å². The molecule has 2 aromatic heterocycles. The van der Waals surface area contributed by atoms with Gasteiger partial charge in [-0.2, -0.15) is 0 Å².